The van der Waals surface area contributed by atoms with E-state index in [9.17, 15) is 9.59 Å². The first-order valence-electron chi connectivity index (χ1n) is 9.48. The van der Waals surface area contributed by atoms with Gasteiger partial charge in [-0.2, -0.15) is 0 Å². The molecule has 4 bridgehead atoms. The van der Waals surface area contributed by atoms with Crippen LogP contribution in [-0.4, -0.2) is 39.9 Å². The van der Waals surface area contributed by atoms with Crippen molar-refractivity contribution in [3.8, 4) is 0 Å². The molecular weight excluding hydrogens is 318 g/mol. The number of esters is 1. The lowest BCUT2D eigenvalue weighted by Crippen LogP contribution is -2.59. The summed E-state index contributed by atoms with van der Waals surface area (Å²) in [5.41, 5.74) is 1.60. The van der Waals surface area contributed by atoms with Crippen molar-refractivity contribution in [1.82, 2.24) is 14.9 Å². The normalized spacial score (nSPS) is 38.5. The number of nitrogens with one attached hydrogen (secondary N) is 1. The van der Waals surface area contributed by atoms with Crippen molar-refractivity contribution < 1.29 is 14.3 Å². The van der Waals surface area contributed by atoms with Gasteiger partial charge in [0.15, 0.2) is 0 Å². The summed E-state index contributed by atoms with van der Waals surface area (Å²) in [6.07, 6.45) is 9.04. The Morgan fingerprint density at radius 3 is 2.44 bits per heavy atom. The van der Waals surface area contributed by atoms with Crippen molar-refractivity contribution in [1.29, 1.82) is 0 Å². The zero-order valence-electron chi connectivity index (χ0n) is 14.7. The van der Waals surface area contributed by atoms with Crippen LogP contribution in [0.3, 0.4) is 0 Å². The van der Waals surface area contributed by atoms with E-state index in [1.54, 1.807) is 11.2 Å². The summed E-state index contributed by atoms with van der Waals surface area (Å²) in [7, 11) is 1.40. The van der Waals surface area contributed by atoms with E-state index in [0.717, 1.165) is 30.7 Å². The number of aromatic nitrogens is 2. The second kappa shape index (κ2) is 5.32. The zero-order chi connectivity index (χ0) is 17.2. The average molecular weight is 343 g/mol. The van der Waals surface area contributed by atoms with E-state index >= 15 is 0 Å². The quantitative estimate of drug-likeness (QED) is 0.834. The number of H-pyrrole nitrogens is 1. The van der Waals surface area contributed by atoms with Crippen LogP contribution >= 0.6 is 0 Å². The number of hydrogen-bond donors (Lipinski definition) is 1. The molecule has 2 heterocycles. The highest BCUT2D eigenvalue weighted by atomic mass is 16.5. The van der Waals surface area contributed by atoms with Gasteiger partial charge < -0.3 is 14.6 Å². The van der Waals surface area contributed by atoms with Crippen LogP contribution in [0.2, 0.25) is 0 Å². The average Bonchev–Trinajstić information content (AvgIpc) is 3.05. The molecule has 4 saturated carbocycles. The van der Waals surface area contributed by atoms with E-state index in [1.807, 2.05) is 0 Å². The molecule has 1 amide bonds. The van der Waals surface area contributed by atoms with Crippen molar-refractivity contribution in [2.75, 3.05) is 7.11 Å². The molecule has 0 spiro atoms. The van der Waals surface area contributed by atoms with Crippen LogP contribution < -0.4 is 0 Å². The molecule has 0 aromatic carbocycles. The third-order valence-electron chi connectivity index (χ3n) is 7.12. The number of carbonyl (C=O) groups excluding carboxylic acids is 2. The molecule has 4 fully saturated rings. The van der Waals surface area contributed by atoms with Gasteiger partial charge in [-0.25, -0.2) is 9.78 Å². The molecule has 134 valence electrons. The molecule has 1 unspecified atom stereocenters. The monoisotopic (exact) mass is 343 g/mol. The van der Waals surface area contributed by atoms with Gasteiger partial charge in [0.1, 0.15) is 6.04 Å². The lowest BCUT2D eigenvalue weighted by atomic mass is 9.49. The van der Waals surface area contributed by atoms with Crippen molar-refractivity contribution in [2.24, 2.45) is 23.2 Å². The number of imidazole rings is 1. The predicted octanol–water partition coefficient (Wildman–Crippen LogP) is 2.05. The smallest absolute Gasteiger partial charge is 0.329 e. The lowest BCUT2D eigenvalue weighted by molar-refractivity contribution is -0.168. The predicted molar refractivity (Wildman–Crippen MR) is 89.3 cm³/mol. The fourth-order valence-electron chi connectivity index (χ4n) is 6.47. The van der Waals surface area contributed by atoms with Gasteiger partial charge in [-0.15, -0.1) is 0 Å². The van der Waals surface area contributed by atoms with E-state index in [0.29, 0.717) is 30.7 Å². The van der Waals surface area contributed by atoms with Crippen LogP contribution in [0.5, 0.6) is 0 Å². The molecule has 0 saturated heterocycles. The summed E-state index contributed by atoms with van der Waals surface area (Å²) < 4.78 is 5.01. The number of carbonyl (C=O) groups is 2. The van der Waals surface area contributed by atoms with Crippen molar-refractivity contribution in [2.45, 2.75) is 57.5 Å². The maximum Gasteiger partial charge on any atom is 0.329 e. The first-order chi connectivity index (χ1) is 12.1. The molecule has 25 heavy (non-hydrogen) atoms. The molecule has 1 aromatic heterocycles. The zero-order valence-corrected chi connectivity index (χ0v) is 14.7. The van der Waals surface area contributed by atoms with E-state index < -0.39 is 6.04 Å². The highest BCUT2D eigenvalue weighted by Gasteiger charge is 2.57. The van der Waals surface area contributed by atoms with E-state index in [1.165, 1.54) is 26.4 Å². The van der Waals surface area contributed by atoms with Crippen LogP contribution in [0.15, 0.2) is 6.33 Å². The van der Waals surface area contributed by atoms with Gasteiger partial charge in [-0.1, -0.05) is 0 Å². The summed E-state index contributed by atoms with van der Waals surface area (Å²) in [4.78, 5) is 35.3. The van der Waals surface area contributed by atoms with Crippen molar-refractivity contribution >= 4 is 11.9 Å². The summed E-state index contributed by atoms with van der Waals surface area (Å²) in [5, 5.41) is 0. The third-order valence-corrected chi connectivity index (χ3v) is 7.12. The Balaban J connectivity index is 1.48. The highest BCUT2D eigenvalue weighted by Crippen LogP contribution is 2.60. The van der Waals surface area contributed by atoms with Gasteiger partial charge in [-0.05, 0) is 56.3 Å². The number of nitrogens with zero attached hydrogens (tertiary/aromatic N) is 2. The summed E-state index contributed by atoms with van der Waals surface area (Å²) >= 11 is 0. The Hall–Kier alpha value is -1.85. The van der Waals surface area contributed by atoms with Crippen LogP contribution in [0.25, 0.3) is 0 Å². The minimum Gasteiger partial charge on any atom is -0.467 e. The van der Waals surface area contributed by atoms with Crippen LogP contribution in [0.4, 0.5) is 0 Å². The Kier molecular flexibility index (Phi) is 3.28. The fraction of sp³-hybridized carbons (Fsp3) is 0.737. The Bertz CT molecular complexity index is 690. The Morgan fingerprint density at radius 2 is 1.84 bits per heavy atom. The third kappa shape index (κ3) is 2.26. The van der Waals surface area contributed by atoms with Crippen LogP contribution in [0.1, 0.15) is 49.9 Å². The van der Waals surface area contributed by atoms with Gasteiger partial charge in [0, 0.05) is 6.42 Å². The number of rotatable bonds is 2. The van der Waals surface area contributed by atoms with Crippen LogP contribution in [-0.2, 0) is 27.3 Å². The van der Waals surface area contributed by atoms with Crippen molar-refractivity contribution in [3.63, 3.8) is 0 Å². The largest absolute Gasteiger partial charge is 0.467 e. The molecule has 6 heteroatoms. The SMILES string of the molecule is COC(=O)C1Cc2nc[nH]c2CN1C(=O)C12CC3CC(CC(C3)C1)C2. The molecule has 1 N–H and O–H groups in total. The number of ether oxygens (including phenoxy) is 1. The fourth-order valence-corrected chi connectivity index (χ4v) is 6.47. The Labute approximate surface area is 147 Å². The minimum absolute atomic E-state index is 0.183. The molecule has 1 atom stereocenters. The topological polar surface area (TPSA) is 75.3 Å². The van der Waals surface area contributed by atoms with Crippen LogP contribution in [0, 0.1) is 23.2 Å². The van der Waals surface area contributed by atoms with Crippen molar-refractivity contribution in [3.05, 3.63) is 17.7 Å². The van der Waals surface area contributed by atoms with Gasteiger partial charge in [-0.3, -0.25) is 4.79 Å². The number of fused-ring (bicyclic) bond motifs is 1. The lowest BCUT2D eigenvalue weighted by Gasteiger charge is -2.57. The summed E-state index contributed by atoms with van der Waals surface area (Å²) in [6, 6.07) is -0.540. The standard InChI is InChI=1S/C19H25N3O3/c1-25-17(23)16-5-14-15(21-10-20-14)9-22(16)18(24)19-6-11-2-12(7-19)4-13(3-11)8-19/h10-13,16H,2-9H2,1H3,(H,20,21). The number of methoxy groups -OCH3 is 1. The molecule has 4 aliphatic carbocycles. The molecular formula is C19H25N3O3. The first-order valence-corrected chi connectivity index (χ1v) is 9.48. The van der Waals surface area contributed by atoms with Gasteiger partial charge in [0.25, 0.3) is 0 Å². The number of hydrogen-bond acceptors (Lipinski definition) is 4. The second-order valence-corrected chi connectivity index (χ2v) is 8.70. The van der Waals surface area contributed by atoms with Gasteiger partial charge in [0.05, 0.1) is 36.8 Å². The molecule has 1 aromatic rings. The maximum absolute atomic E-state index is 13.7. The summed E-state index contributed by atoms with van der Waals surface area (Å²) in [5.74, 6) is 1.98. The number of aromatic amines is 1. The summed E-state index contributed by atoms with van der Waals surface area (Å²) in [6.45, 7) is 0.440. The molecule has 6 rings (SSSR count). The second-order valence-electron chi connectivity index (χ2n) is 8.70. The van der Waals surface area contributed by atoms with E-state index in [4.69, 9.17) is 4.74 Å². The molecule has 6 nitrogen and oxygen atoms in total. The maximum atomic E-state index is 13.7. The molecule has 5 aliphatic rings. The van der Waals surface area contributed by atoms with E-state index in [2.05, 4.69) is 9.97 Å². The van der Waals surface area contributed by atoms with Gasteiger partial charge >= 0.3 is 5.97 Å². The molecule has 0 radical (unpaired) electrons. The minimum atomic E-state index is -0.540. The number of amides is 1. The molecule has 1 aliphatic heterocycles. The Morgan fingerprint density at radius 1 is 1.20 bits per heavy atom. The van der Waals surface area contributed by atoms with E-state index in [-0.39, 0.29) is 17.3 Å². The first kappa shape index (κ1) is 15.4. The van der Waals surface area contributed by atoms with Gasteiger partial charge in [0.2, 0.25) is 5.91 Å². The highest BCUT2D eigenvalue weighted by molar-refractivity contribution is 5.89.